The van der Waals surface area contributed by atoms with E-state index in [1.807, 2.05) is 0 Å². The lowest BCUT2D eigenvalue weighted by Crippen LogP contribution is -2.45. The Balaban J connectivity index is 1.28. The van der Waals surface area contributed by atoms with Gasteiger partial charge >= 0.3 is 6.03 Å². The van der Waals surface area contributed by atoms with Gasteiger partial charge in [-0.1, -0.05) is 12.8 Å². The molecule has 0 radical (unpaired) electrons. The molecule has 1 saturated carbocycles. The fourth-order valence-electron chi connectivity index (χ4n) is 4.53. The van der Waals surface area contributed by atoms with Crippen LogP contribution in [0.15, 0.2) is 24.3 Å². The number of ether oxygens (including phenoxy) is 1. The van der Waals surface area contributed by atoms with Crippen molar-refractivity contribution in [3.63, 3.8) is 0 Å². The van der Waals surface area contributed by atoms with E-state index in [4.69, 9.17) is 4.74 Å². The molecule has 10 heteroatoms. The van der Waals surface area contributed by atoms with Gasteiger partial charge in [-0.2, -0.15) is 0 Å². The standard InChI is InChI=1S/C22H28N4O5S/c1-31-16-8-6-15(7-9-16)23-19(28)17-13-32-14-26(17)18(27)5-4-12-25-20(29)22(24-21(25)30)10-2-3-11-22/h6-9,17H,2-5,10-14H2,1H3,(H,23,28)(H,24,30). The summed E-state index contributed by atoms with van der Waals surface area (Å²) in [7, 11) is 1.58. The number of hydrogen-bond donors (Lipinski definition) is 2. The normalized spacial score (nSPS) is 21.8. The van der Waals surface area contributed by atoms with Crippen molar-refractivity contribution in [1.82, 2.24) is 15.1 Å². The van der Waals surface area contributed by atoms with Crippen LogP contribution in [0.25, 0.3) is 0 Å². The first-order valence-corrected chi connectivity index (χ1v) is 12.1. The molecule has 2 saturated heterocycles. The van der Waals surface area contributed by atoms with E-state index in [0.29, 0.717) is 42.3 Å². The van der Waals surface area contributed by atoms with Crippen molar-refractivity contribution in [3.05, 3.63) is 24.3 Å². The summed E-state index contributed by atoms with van der Waals surface area (Å²) >= 11 is 1.53. The van der Waals surface area contributed by atoms with E-state index in [-0.39, 0.29) is 36.7 Å². The second-order valence-electron chi connectivity index (χ2n) is 8.38. The summed E-state index contributed by atoms with van der Waals surface area (Å²) < 4.78 is 5.12. The molecule has 5 amide bonds. The summed E-state index contributed by atoms with van der Waals surface area (Å²) in [6.45, 7) is 0.210. The first-order chi connectivity index (χ1) is 15.4. The average Bonchev–Trinajstić information content (AvgIpc) is 3.51. The van der Waals surface area contributed by atoms with Gasteiger partial charge in [-0.3, -0.25) is 19.3 Å². The summed E-state index contributed by atoms with van der Waals surface area (Å²) in [5.41, 5.74) is -0.0865. The van der Waals surface area contributed by atoms with Gasteiger partial charge in [-0.15, -0.1) is 11.8 Å². The molecule has 1 aromatic rings. The molecule has 32 heavy (non-hydrogen) atoms. The predicted molar refractivity (Wildman–Crippen MR) is 120 cm³/mol. The molecule has 3 aliphatic rings. The summed E-state index contributed by atoms with van der Waals surface area (Å²) in [4.78, 5) is 53.3. The fourth-order valence-corrected chi connectivity index (χ4v) is 5.71. The second kappa shape index (κ2) is 9.40. The van der Waals surface area contributed by atoms with Gasteiger partial charge in [0.1, 0.15) is 17.3 Å². The molecule has 1 spiro atoms. The maximum Gasteiger partial charge on any atom is 0.325 e. The van der Waals surface area contributed by atoms with Crippen molar-refractivity contribution >= 4 is 41.2 Å². The first-order valence-electron chi connectivity index (χ1n) is 10.9. The Morgan fingerprint density at radius 3 is 2.62 bits per heavy atom. The maximum absolute atomic E-state index is 12.8. The number of methoxy groups -OCH3 is 1. The number of nitrogens with one attached hydrogen (secondary N) is 2. The fraction of sp³-hybridized carbons (Fsp3) is 0.545. The SMILES string of the molecule is COc1ccc(NC(=O)C2CSCN2C(=O)CCCN2C(=O)NC3(CCCC3)C2=O)cc1. The lowest BCUT2D eigenvalue weighted by Gasteiger charge is -2.24. The van der Waals surface area contributed by atoms with E-state index in [0.717, 1.165) is 12.8 Å². The maximum atomic E-state index is 12.8. The Hall–Kier alpha value is -2.75. The molecule has 1 atom stereocenters. The van der Waals surface area contributed by atoms with E-state index in [2.05, 4.69) is 10.6 Å². The van der Waals surface area contributed by atoms with Crippen LogP contribution in [0.5, 0.6) is 5.75 Å². The number of rotatable bonds is 7. The number of thioether (sulfide) groups is 1. The highest BCUT2D eigenvalue weighted by Crippen LogP contribution is 2.35. The van der Waals surface area contributed by atoms with Crippen LogP contribution in [0.1, 0.15) is 38.5 Å². The Kier molecular flexibility index (Phi) is 6.59. The van der Waals surface area contributed by atoms with Crippen LogP contribution in [0.2, 0.25) is 0 Å². The molecule has 2 N–H and O–H groups in total. The van der Waals surface area contributed by atoms with Crippen LogP contribution in [0.3, 0.4) is 0 Å². The minimum absolute atomic E-state index is 0.146. The van der Waals surface area contributed by atoms with E-state index in [9.17, 15) is 19.2 Å². The van der Waals surface area contributed by atoms with Crippen LogP contribution >= 0.6 is 11.8 Å². The molecule has 172 valence electrons. The number of nitrogens with zero attached hydrogens (tertiary/aromatic N) is 2. The number of imide groups is 1. The van der Waals surface area contributed by atoms with Gasteiger partial charge in [0.15, 0.2) is 0 Å². The van der Waals surface area contributed by atoms with E-state index in [1.54, 1.807) is 36.3 Å². The quantitative estimate of drug-likeness (QED) is 0.604. The van der Waals surface area contributed by atoms with Crippen molar-refractivity contribution < 1.29 is 23.9 Å². The Morgan fingerprint density at radius 1 is 1.22 bits per heavy atom. The summed E-state index contributed by atoms with van der Waals surface area (Å²) in [5, 5.41) is 5.71. The highest BCUT2D eigenvalue weighted by Gasteiger charge is 2.52. The Bertz CT molecular complexity index is 900. The number of carbonyl (C=O) groups excluding carboxylic acids is 4. The third kappa shape index (κ3) is 4.41. The van der Waals surface area contributed by atoms with Crippen molar-refractivity contribution in [2.75, 3.05) is 30.6 Å². The van der Waals surface area contributed by atoms with Gasteiger partial charge in [-0.05, 0) is 43.5 Å². The zero-order chi connectivity index (χ0) is 22.7. The molecule has 1 aliphatic carbocycles. The first kappa shape index (κ1) is 22.4. The van der Waals surface area contributed by atoms with Gasteiger partial charge in [0.2, 0.25) is 11.8 Å². The van der Waals surface area contributed by atoms with Gasteiger partial charge in [-0.25, -0.2) is 4.79 Å². The van der Waals surface area contributed by atoms with Crippen LogP contribution in [0.4, 0.5) is 10.5 Å². The number of anilines is 1. The minimum Gasteiger partial charge on any atom is -0.497 e. The number of amides is 5. The highest BCUT2D eigenvalue weighted by atomic mass is 32.2. The number of benzene rings is 1. The molecule has 0 aromatic heterocycles. The third-order valence-electron chi connectivity index (χ3n) is 6.34. The van der Waals surface area contributed by atoms with Crippen LogP contribution in [0, 0.1) is 0 Å². The second-order valence-corrected chi connectivity index (χ2v) is 9.38. The van der Waals surface area contributed by atoms with Crippen molar-refractivity contribution in [3.8, 4) is 5.75 Å². The Morgan fingerprint density at radius 2 is 1.94 bits per heavy atom. The van der Waals surface area contributed by atoms with Crippen LogP contribution in [-0.2, 0) is 14.4 Å². The lowest BCUT2D eigenvalue weighted by molar-refractivity contribution is -0.136. The number of carbonyl (C=O) groups is 4. The Labute approximate surface area is 191 Å². The van der Waals surface area contributed by atoms with E-state index < -0.39 is 11.6 Å². The monoisotopic (exact) mass is 460 g/mol. The molecular weight excluding hydrogens is 432 g/mol. The van der Waals surface area contributed by atoms with E-state index >= 15 is 0 Å². The highest BCUT2D eigenvalue weighted by molar-refractivity contribution is 7.99. The molecule has 1 aromatic carbocycles. The predicted octanol–water partition coefficient (Wildman–Crippen LogP) is 2.18. The zero-order valence-corrected chi connectivity index (χ0v) is 18.9. The summed E-state index contributed by atoms with van der Waals surface area (Å²) in [6, 6.07) is 6.10. The molecule has 3 fully saturated rings. The topological polar surface area (TPSA) is 108 Å². The molecule has 0 bridgehead atoms. The van der Waals surface area contributed by atoms with Crippen molar-refractivity contribution in [2.24, 2.45) is 0 Å². The van der Waals surface area contributed by atoms with Gasteiger partial charge in [0, 0.05) is 24.4 Å². The lowest BCUT2D eigenvalue weighted by atomic mass is 9.98. The molecular formula is C22H28N4O5S. The average molecular weight is 461 g/mol. The van der Waals surface area contributed by atoms with Crippen LogP contribution < -0.4 is 15.4 Å². The van der Waals surface area contributed by atoms with Crippen molar-refractivity contribution in [1.29, 1.82) is 0 Å². The summed E-state index contributed by atoms with van der Waals surface area (Å²) in [5.74, 6) is 1.13. The van der Waals surface area contributed by atoms with E-state index in [1.165, 1.54) is 16.7 Å². The number of urea groups is 1. The molecule has 4 rings (SSSR count). The largest absolute Gasteiger partial charge is 0.497 e. The number of hydrogen-bond acceptors (Lipinski definition) is 6. The minimum atomic E-state index is -0.725. The molecule has 1 unspecified atom stereocenters. The molecule has 9 nitrogen and oxygen atoms in total. The van der Waals surface area contributed by atoms with Gasteiger partial charge in [0.25, 0.3) is 5.91 Å². The van der Waals surface area contributed by atoms with Gasteiger partial charge in [0.05, 0.1) is 13.0 Å². The van der Waals surface area contributed by atoms with Crippen LogP contribution in [-0.4, -0.2) is 70.4 Å². The van der Waals surface area contributed by atoms with Crippen molar-refractivity contribution in [2.45, 2.75) is 50.1 Å². The summed E-state index contributed by atoms with van der Waals surface area (Å²) in [6.07, 6.45) is 3.79. The molecule has 2 aliphatic heterocycles. The third-order valence-corrected chi connectivity index (χ3v) is 7.35. The zero-order valence-electron chi connectivity index (χ0n) is 18.1. The molecule has 2 heterocycles. The smallest absolute Gasteiger partial charge is 0.325 e. The van der Waals surface area contributed by atoms with Gasteiger partial charge < -0.3 is 20.3 Å².